The number of nitrogens with two attached hydrogens (primary N) is 1. The summed E-state index contributed by atoms with van der Waals surface area (Å²) in [7, 11) is -2.48. The Morgan fingerprint density at radius 1 is 1.20 bits per heavy atom. The summed E-state index contributed by atoms with van der Waals surface area (Å²) in [5.74, 6) is -0.506. The Balaban J connectivity index is 2.49. The van der Waals surface area contributed by atoms with Gasteiger partial charge in [-0.1, -0.05) is 22.0 Å². The van der Waals surface area contributed by atoms with E-state index in [0.29, 0.717) is 4.47 Å². The Kier molecular flexibility index (Phi) is 4.01. The first-order chi connectivity index (χ1) is 9.32. The van der Waals surface area contributed by atoms with E-state index >= 15 is 0 Å². The van der Waals surface area contributed by atoms with Crippen LogP contribution in [0.5, 0.6) is 0 Å². The number of sulfonamides is 1. The Morgan fingerprint density at radius 2 is 1.90 bits per heavy atom. The van der Waals surface area contributed by atoms with Gasteiger partial charge in [0, 0.05) is 11.5 Å². The van der Waals surface area contributed by atoms with Crippen LogP contribution in [-0.4, -0.2) is 15.5 Å². The molecular formula is C13H12BrFN2O2S. The fraction of sp³-hybridized carbons (Fsp3) is 0.0769. The first-order valence-electron chi connectivity index (χ1n) is 5.62. The predicted molar refractivity (Wildman–Crippen MR) is 80.5 cm³/mol. The highest BCUT2D eigenvalue weighted by atomic mass is 79.9. The molecule has 0 aliphatic carbocycles. The molecule has 0 heterocycles. The maximum atomic E-state index is 13.2. The minimum absolute atomic E-state index is 0.0209. The molecule has 0 atom stereocenters. The van der Waals surface area contributed by atoms with Gasteiger partial charge in [0.05, 0.1) is 11.4 Å². The van der Waals surface area contributed by atoms with E-state index in [1.165, 1.54) is 37.4 Å². The third-order valence-corrected chi connectivity index (χ3v) is 5.13. The molecule has 4 nitrogen and oxygen atoms in total. The zero-order chi connectivity index (χ0) is 14.9. The van der Waals surface area contributed by atoms with E-state index in [4.69, 9.17) is 5.73 Å². The number of anilines is 2. The summed E-state index contributed by atoms with van der Waals surface area (Å²) in [6.07, 6.45) is 0. The van der Waals surface area contributed by atoms with Crippen LogP contribution in [0.15, 0.2) is 51.8 Å². The van der Waals surface area contributed by atoms with Gasteiger partial charge in [-0.2, -0.15) is 0 Å². The zero-order valence-corrected chi connectivity index (χ0v) is 12.9. The van der Waals surface area contributed by atoms with E-state index in [9.17, 15) is 12.8 Å². The molecule has 0 aromatic heterocycles. The van der Waals surface area contributed by atoms with Gasteiger partial charge >= 0.3 is 0 Å². The SMILES string of the molecule is CN(c1cccc(F)c1)S(=O)(=O)c1ccc(Br)cc1N. The summed E-state index contributed by atoms with van der Waals surface area (Å²) >= 11 is 3.22. The van der Waals surface area contributed by atoms with E-state index in [2.05, 4.69) is 15.9 Å². The van der Waals surface area contributed by atoms with Crippen LogP contribution >= 0.6 is 15.9 Å². The van der Waals surface area contributed by atoms with Gasteiger partial charge in [0.2, 0.25) is 0 Å². The van der Waals surface area contributed by atoms with Crippen molar-refractivity contribution in [2.24, 2.45) is 0 Å². The molecule has 0 spiro atoms. The van der Waals surface area contributed by atoms with Gasteiger partial charge in [-0.25, -0.2) is 12.8 Å². The molecule has 2 aromatic carbocycles. The minimum atomic E-state index is -3.84. The highest BCUT2D eigenvalue weighted by Crippen LogP contribution is 2.28. The van der Waals surface area contributed by atoms with Crippen molar-refractivity contribution in [1.29, 1.82) is 0 Å². The Hall–Kier alpha value is -1.60. The molecule has 0 saturated heterocycles. The Bertz CT molecular complexity index is 750. The summed E-state index contributed by atoms with van der Waals surface area (Å²) in [4.78, 5) is -0.0209. The summed E-state index contributed by atoms with van der Waals surface area (Å²) in [6.45, 7) is 0. The maximum Gasteiger partial charge on any atom is 0.266 e. The first kappa shape index (κ1) is 14.8. The van der Waals surface area contributed by atoms with E-state index < -0.39 is 15.8 Å². The number of hydrogen-bond donors (Lipinski definition) is 1. The Morgan fingerprint density at radius 3 is 2.50 bits per heavy atom. The molecule has 0 fully saturated rings. The first-order valence-corrected chi connectivity index (χ1v) is 7.85. The molecule has 2 rings (SSSR count). The molecule has 0 radical (unpaired) electrons. The zero-order valence-electron chi connectivity index (χ0n) is 10.5. The molecule has 0 bridgehead atoms. The second-order valence-electron chi connectivity index (χ2n) is 4.13. The molecule has 2 aromatic rings. The molecule has 2 N–H and O–H groups in total. The standard InChI is InChI=1S/C13H12BrFN2O2S/c1-17(11-4-2-3-10(15)8-11)20(18,19)13-6-5-9(14)7-12(13)16/h2-8H,16H2,1H3. The van der Waals surface area contributed by atoms with Crippen molar-refractivity contribution in [3.05, 3.63) is 52.8 Å². The van der Waals surface area contributed by atoms with Crippen molar-refractivity contribution >= 4 is 37.3 Å². The van der Waals surface area contributed by atoms with Gasteiger partial charge in [0.15, 0.2) is 0 Å². The van der Waals surface area contributed by atoms with Gasteiger partial charge < -0.3 is 5.73 Å². The third-order valence-electron chi connectivity index (χ3n) is 2.78. The van der Waals surface area contributed by atoms with Crippen LogP contribution in [0.4, 0.5) is 15.8 Å². The Labute approximate surface area is 125 Å². The smallest absolute Gasteiger partial charge is 0.266 e. The monoisotopic (exact) mass is 358 g/mol. The van der Waals surface area contributed by atoms with Gasteiger partial charge in [-0.3, -0.25) is 4.31 Å². The van der Waals surface area contributed by atoms with Crippen LogP contribution < -0.4 is 10.0 Å². The van der Waals surface area contributed by atoms with Crippen LogP contribution in [0.1, 0.15) is 0 Å². The summed E-state index contributed by atoms with van der Waals surface area (Å²) in [6, 6.07) is 9.85. The van der Waals surface area contributed by atoms with Crippen LogP contribution in [0.25, 0.3) is 0 Å². The second-order valence-corrected chi connectivity index (χ2v) is 6.99. The number of hydrogen-bond acceptors (Lipinski definition) is 3. The average molecular weight is 359 g/mol. The van der Waals surface area contributed by atoms with E-state index in [0.717, 1.165) is 10.4 Å². The lowest BCUT2D eigenvalue weighted by Crippen LogP contribution is -2.27. The van der Waals surface area contributed by atoms with Crippen molar-refractivity contribution in [2.75, 3.05) is 17.1 Å². The normalized spacial score (nSPS) is 11.3. The van der Waals surface area contributed by atoms with E-state index in [1.807, 2.05) is 0 Å². The molecule has 0 aliphatic rings. The topological polar surface area (TPSA) is 63.4 Å². The van der Waals surface area contributed by atoms with Crippen LogP contribution in [0, 0.1) is 5.82 Å². The van der Waals surface area contributed by atoms with Crippen molar-refractivity contribution in [2.45, 2.75) is 4.90 Å². The van der Waals surface area contributed by atoms with Gasteiger partial charge in [-0.05, 0) is 36.4 Å². The quantitative estimate of drug-likeness (QED) is 0.857. The molecule has 0 saturated carbocycles. The van der Waals surface area contributed by atoms with Crippen LogP contribution in [0.2, 0.25) is 0 Å². The van der Waals surface area contributed by atoms with Crippen molar-refractivity contribution < 1.29 is 12.8 Å². The fourth-order valence-corrected chi connectivity index (χ4v) is 3.37. The molecule has 7 heteroatoms. The predicted octanol–water partition coefficient (Wildman–Crippen LogP) is 3.00. The molecule has 0 unspecified atom stereocenters. The number of benzene rings is 2. The molecule has 0 aliphatic heterocycles. The summed E-state index contributed by atoms with van der Waals surface area (Å²) in [5, 5.41) is 0. The fourth-order valence-electron chi connectivity index (χ4n) is 1.71. The lowest BCUT2D eigenvalue weighted by molar-refractivity contribution is 0.594. The van der Waals surface area contributed by atoms with Crippen molar-refractivity contribution in [3.8, 4) is 0 Å². The second kappa shape index (κ2) is 5.41. The lowest BCUT2D eigenvalue weighted by Gasteiger charge is -2.20. The number of halogens is 2. The summed E-state index contributed by atoms with van der Waals surface area (Å²) < 4.78 is 39.8. The van der Waals surface area contributed by atoms with Crippen LogP contribution in [-0.2, 0) is 10.0 Å². The molecule has 20 heavy (non-hydrogen) atoms. The largest absolute Gasteiger partial charge is 0.398 e. The van der Waals surface area contributed by atoms with Crippen molar-refractivity contribution in [1.82, 2.24) is 0 Å². The minimum Gasteiger partial charge on any atom is -0.398 e. The lowest BCUT2D eigenvalue weighted by atomic mass is 10.3. The maximum absolute atomic E-state index is 13.2. The number of nitrogen functional groups attached to an aromatic ring is 1. The highest BCUT2D eigenvalue weighted by molar-refractivity contribution is 9.10. The molecule has 106 valence electrons. The van der Waals surface area contributed by atoms with Gasteiger partial charge in [-0.15, -0.1) is 0 Å². The number of nitrogens with zero attached hydrogens (tertiary/aromatic N) is 1. The van der Waals surface area contributed by atoms with E-state index in [1.54, 1.807) is 6.07 Å². The number of rotatable bonds is 3. The van der Waals surface area contributed by atoms with Crippen molar-refractivity contribution in [3.63, 3.8) is 0 Å². The summed E-state index contributed by atoms with van der Waals surface area (Å²) in [5.41, 5.74) is 6.10. The van der Waals surface area contributed by atoms with E-state index in [-0.39, 0.29) is 16.3 Å². The van der Waals surface area contributed by atoms with Crippen LogP contribution in [0.3, 0.4) is 0 Å². The molecule has 0 amide bonds. The highest BCUT2D eigenvalue weighted by Gasteiger charge is 2.24. The van der Waals surface area contributed by atoms with Gasteiger partial charge in [0.1, 0.15) is 10.7 Å². The third kappa shape index (κ3) is 2.78. The average Bonchev–Trinajstić information content (AvgIpc) is 2.37. The van der Waals surface area contributed by atoms with Gasteiger partial charge in [0.25, 0.3) is 10.0 Å². The molecular weight excluding hydrogens is 347 g/mol.